The molecule has 60 heavy (non-hydrogen) atoms. The van der Waals surface area contributed by atoms with Gasteiger partial charge in [-0.2, -0.15) is 0 Å². The summed E-state index contributed by atoms with van der Waals surface area (Å²) in [6, 6.07) is 30.3. The van der Waals surface area contributed by atoms with Crippen LogP contribution in [0.25, 0.3) is 4.85 Å². The smallest absolute Gasteiger partial charge is 0.870 e. The summed E-state index contributed by atoms with van der Waals surface area (Å²) in [5.41, 5.74) is 11.5. The van der Waals surface area contributed by atoms with Gasteiger partial charge in [0.1, 0.15) is 0 Å². The second kappa shape index (κ2) is 37.8. The molecule has 0 heterocycles. The fourth-order valence-corrected chi connectivity index (χ4v) is 8.71. The number of nitrogens with zero attached hydrogens (tertiary/aromatic N) is 2. The zero-order chi connectivity index (χ0) is 43.7. The molecule has 0 fully saturated rings. The van der Waals surface area contributed by atoms with Crippen molar-refractivity contribution < 1.29 is 106 Å². The molecule has 0 amide bonds. The van der Waals surface area contributed by atoms with Gasteiger partial charge >= 0.3 is 92.9 Å². The third-order valence-corrected chi connectivity index (χ3v) is 9.88. The number of alkyl halides is 1. The van der Waals surface area contributed by atoms with E-state index in [-0.39, 0.29) is 98.8 Å². The molecule has 0 atom stereocenters. The maximum absolute atomic E-state index is 11.0. The van der Waals surface area contributed by atoms with E-state index in [4.69, 9.17) is 23.5 Å². The Kier molecular flexibility index (Phi) is 41.7. The number of aryl methyl sites for hydroxylation is 6. The number of ether oxygens (including phenoxy) is 1. The molecular formula is C45H46Br6KN2NaO5. The Morgan fingerprint density at radius 1 is 0.567 bits per heavy atom. The van der Waals surface area contributed by atoms with E-state index in [1.807, 2.05) is 75.4 Å². The third-order valence-electron chi connectivity index (χ3n) is 6.94. The van der Waals surface area contributed by atoms with Crippen molar-refractivity contribution in [3.8, 4) is 0 Å². The number of benzene rings is 5. The standard InChI is InChI=1S/C10H11BrO2.C9H8BrN.C9H9BrO2.C8H8Br2.C8H9Br.CN.K.Na.H2O/c1-7-3-8(5-9(11)4-7)6-10(12)13-2;1-7-3-8(6-11-2)5-9(10)4-7;1-6-2-7(5-9(11)12)4-8(10)3-6;1-6-2-7(5-9)4-8(10)3-6;1-6-3-7(2)5-8(9)4-6;1-2;;;/h3-5H,6H2,1-2H3;3-5H,6H2,1H3;2-4H,5H2,1H3,(H,11,12);2-4H,5H2,1H3;3-5H,1-2H3;;;;1H2/q;;;;;-1;2*+1;/p-1. The number of carbonyl (C=O) groups excluding carboxylic acids is 1. The molecule has 0 aromatic heterocycles. The second-order valence-corrected chi connectivity index (χ2v) is 17.8. The van der Waals surface area contributed by atoms with E-state index in [9.17, 15) is 9.59 Å². The van der Waals surface area contributed by atoms with Crippen molar-refractivity contribution >= 4 is 108 Å². The van der Waals surface area contributed by atoms with Crippen LogP contribution >= 0.6 is 95.6 Å². The fourth-order valence-electron chi connectivity index (χ4n) is 5.04. The van der Waals surface area contributed by atoms with Crippen molar-refractivity contribution in [2.24, 2.45) is 0 Å². The van der Waals surface area contributed by atoms with Gasteiger partial charge in [0.05, 0.1) is 20.0 Å². The predicted molar refractivity (Wildman–Crippen MR) is 256 cm³/mol. The number of halogens is 6. The van der Waals surface area contributed by atoms with E-state index >= 15 is 0 Å². The van der Waals surface area contributed by atoms with Crippen LogP contribution in [0, 0.1) is 59.9 Å². The van der Waals surface area contributed by atoms with Gasteiger partial charge in [-0.05, 0) is 158 Å². The van der Waals surface area contributed by atoms with Gasteiger partial charge in [-0.15, -0.1) is 0 Å². The molecule has 0 saturated heterocycles. The molecule has 0 bridgehead atoms. The molecule has 0 unspecified atom stereocenters. The number of hydrogen-bond donors (Lipinski definition) is 1. The van der Waals surface area contributed by atoms with Crippen LogP contribution < -0.4 is 80.9 Å². The van der Waals surface area contributed by atoms with Gasteiger partial charge < -0.3 is 32.0 Å². The first-order valence-corrected chi connectivity index (χ1v) is 22.1. The zero-order valence-electron chi connectivity index (χ0n) is 35.3. The Hall–Kier alpha value is -0.504. The minimum absolute atomic E-state index is 0. The average molecular weight is 1240 g/mol. The van der Waals surface area contributed by atoms with Crippen LogP contribution in [-0.2, 0) is 39.0 Å². The number of carbonyl (C=O) groups is 2. The molecule has 15 heteroatoms. The van der Waals surface area contributed by atoms with Crippen LogP contribution in [0.2, 0.25) is 0 Å². The SMILES string of the molecule is COC(=O)Cc1cc(C)cc(Br)c1.Cc1cc(Br)cc(CBr)c1.Cc1cc(Br)cc(CC(=O)O)c1.Cc1cc(C)cc(Br)c1.[C-]#N.[C-]#[N+]Cc1cc(C)cc(Br)c1.[K+].[Na+].[OH-]. The third kappa shape index (κ3) is 33.1. The summed E-state index contributed by atoms with van der Waals surface area (Å²) in [5.74, 6) is -1.01. The first-order valence-electron chi connectivity index (χ1n) is 17.0. The van der Waals surface area contributed by atoms with E-state index in [2.05, 4.69) is 162 Å². The van der Waals surface area contributed by atoms with Crippen LogP contribution in [0.3, 0.4) is 0 Å². The minimum Gasteiger partial charge on any atom is -0.870 e. The van der Waals surface area contributed by atoms with Gasteiger partial charge in [-0.1, -0.05) is 120 Å². The van der Waals surface area contributed by atoms with E-state index in [1.54, 1.807) is 0 Å². The summed E-state index contributed by atoms with van der Waals surface area (Å²) in [6.45, 7) is 24.2. The molecular weight excluding hydrogens is 1190 g/mol. The largest absolute Gasteiger partial charge is 1.00 e. The van der Waals surface area contributed by atoms with Gasteiger partial charge in [-0.25, -0.2) is 6.57 Å². The Morgan fingerprint density at radius 3 is 1.15 bits per heavy atom. The van der Waals surface area contributed by atoms with E-state index < -0.39 is 5.97 Å². The predicted octanol–water partition coefficient (Wildman–Crippen LogP) is 8.68. The summed E-state index contributed by atoms with van der Waals surface area (Å²) >= 11 is 20.3. The summed E-state index contributed by atoms with van der Waals surface area (Å²) in [4.78, 5) is 24.7. The van der Waals surface area contributed by atoms with Crippen molar-refractivity contribution in [2.75, 3.05) is 7.11 Å². The van der Waals surface area contributed by atoms with Gasteiger partial charge in [0.25, 0.3) is 0 Å². The van der Waals surface area contributed by atoms with E-state index in [0.29, 0.717) is 13.0 Å². The van der Waals surface area contributed by atoms with Crippen molar-refractivity contribution in [3.05, 3.63) is 187 Å². The Morgan fingerprint density at radius 2 is 0.850 bits per heavy atom. The number of rotatable bonds is 6. The molecule has 5 aromatic rings. The Balaban J connectivity index is -0.000000321. The number of aliphatic carboxylic acids is 1. The maximum atomic E-state index is 11.0. The molecule has 0 aliphatic carbocycles. The van der Waals surface area contributed by atoms with Crippen LogP contribution in [-0.4, -0.2) is 29.6 Å². The summed E-state index contributed by atoms with van der Waals surface area (Å²) in [5, 5.41) is 15.7. The van der Waals surface area contributed by atoms with Crippen molar-refractivity contribution in [1.29, 1.82) is 5.26 Å². The molecule has 0 aliphatic heterocycles. The molecule has 0 radical (unpaired) electrons. The van der Waals surface area contributed by atoms with Gasteiger partial charge in [-0.3, -0.25) is 9.59 Å². The van der Waals surface area contributed by atoms with Crippen LogP contribution in [0.15, 0.2) is 113 Å². The average Bonchev–Trinajstić information content (AvgIpc) is 3.08. The summed E-state index contributed by atoms with van der Waals surface area (Å²) in [6.07, 6.45) is 0.414. The second-order valence-electron chi connectivity index (χ2n) is 12.6. The molecule has 0 saturated carbocycles. The van der Waals surface area contributed by atoms with Crippen LogP contribution in [0.4, 0.5) is 0 Å². The number of carboxylic acids is 1. The zero-order valence-corrected chi connectivity index (χ0v) is 49.9. The molecule has 310 valence electrons. The number of hydrogen-bond acceptors (Lipinski definition) is 5. The maximum Gasteiger partial charge on any atom is 1.00 e. The normalized spacial score (nSPS) is 8.90. The molecule has 5 rings (SSSR count). The quantitative estimate of drug-likeness (QED) is 0.0787. The minimum atomic E-state index is -0.799. The summed E-state index contributed by atoms with van der Waals surface area (Å²) in [7, 11) is 1.40. The monoisotopic (exact) mass is 1230 g/mol. The first kappa shape index (κ1) is 66.1. The number of esters is 1. The molecule has 5 aromatic carbocycles. The van der Waals surface area contributed by atoms with Crippen molar-refractivity contribution in [1.82, 2.24) is 0 Å². The van der Waals surface area contributed by atoms with Crippen LogP contribution in [0.5, 0.6) is 0 Å². The molecule has 0 spiro atoms. The summed E-state index contributed by atoms with van der Waals surface area (Å²) < 4.78 is 9.87. The first-order chi connectivity index (χ1) is 26.8. The molecule has 2 N–H and O–H groups in total. The Bertz CT molecular complexity index is 2000. The topological polar surface area (TPSA) is 122 Å². The molecule has 0 aliphatic rings. The fraction of sp³-hybridized carbons (Fsp3) is 0.244. The number of methoxy groups -OCH3 is 1. The van der Waals surface area contributed by atoms with Crippen molar-refractivity contribution in [2.45, 2.75) is 66.3 Å². The van der Waals surface area contributed by atoms with E-state index in [0.717, 1.165) is 51.0 Å². The van der Waals surface area contributed by atoms with Gasteiger partial charge in [0.15, 0.2) is 0 Å². The van der Waals surface area contributed by atoms with Gasteiger partial charge in [0.2, 0.25) is 6.54 Å². The Labute approximate surface area is 471 Å². The van der Waals surface area contributed by atoms with E-state index in [1.165, 1.54) is 39.4 Å². The van der Waals surface area contributed by atoms with Crippen LogP contribution in [0.1, 0.15) is 55.6 Å². The molecule has 7 nitrogen and oxygen atoms in total. The van der Waals surface area contributed by atoms with Gasteiger partial charge in [0, 0.05) is 33.3 Å². The number of carboxylic acid groups (broad SMARTS) is 1. The van der Waals surface area contributed by atoms with Crippen molar-refractivity contribution in [3.63, 3.8) is 0 Å².